The predicted molar refractivity (Wildman–Crippen MR) is 128 cm³/mol. The Morgan fingerprint density at radius 3 is 2.17 bits per heavy atom. The van der Waals surface area contributed by atoms with Gasteiger partial charge in [-0.15, -0.1) is 0 Å². The molecule has 0 bridgehead atoms. The molecule has 0 aliphatic rings. The van der Waals surface area contributed by atoms with Crippen LogP contribution in [0.4, 0.5) is 22.0 Å². The Balaban J connectivity index is 1.44. The van der Waals surface area contributed by atoms with Crippen LogP contribution in [0.15, 0.2) is 66.9 Å². The van der Waals surface area contributed by atoms with E-state index in [2.05, 4.69) is 18.0 Å². The molecule has 1 aromatic heterocycles. The number of nitrogens with zero attached hydrogens (tertiary/aromatic N) is 1. The van der Waals surface area contributed by atoms with Gasteiger partial charge in [0, 0.05) is 17.3 Å². The first-order chi connectivity index (χ1) is 16.7. The number of aromatic nitrogens is 1. The van der Waals surface area contributed by atoms with Crippen LogP contribution in [0.1, 0.15) is 46.9 Å². The lowest BCUT2D eigenvalue weighted by atomic mass is 9.97. The van der Waals surface area contributed by atoms with Crippen molar-refractivity contribution in [2.75, 3.05) is 0 Å². The van der Waals surface area contributed by atoms with Crippen molar-refractivity contribution in [3.63, 3.8) is 0 Å². The van der Waals surface area contributed by atoms with Crippen LogP contribution in [0.5, 0.6) is 0 Å². The summed E-state index contributed by atoms with van der Waals surface area (Å²) in [6, 6.07) is 16.2. The molecule has 0 radical (unpaired) electrons. The predicted octanol–water partition coefficient (Wildman–Crippen LogP) is 8.05. The van der Waals surface area contributed by atoms with E-state index in [-0.39, 0.29) is 18.7 Å². The van der Waals surface area contributed by atoms with Gasteiger partial charge in [0.2, 0.25) is 0 Å². The molecule has 0 spiro atoms. The third kappa shape index (κ3) is 6.05. The van der Waals surface area contributed by atoms with Crippen LogP contribution in [0.3, 0.4) is 0 Å². The van der Waals surface area contributed by atoms with Gasteiger partial charge >= 0.3 is 6.18 Å². The molecule has 0 fully saturated rings. The Bertz CT molecular complexity index is 1330. The van der Waals surface area contributed by atoms with Crippen molar-refractivity contribution in [3.8, 4) is 0 Å². The van der Waals surface area contributed by atoms with Crippen molar-refractivity contribution in [3.05, 3.63) is 112 Å². The topological polar surface area (TPSA) is 12.9 Å². The highest BCUT2D eigenvalue weighted by Crippen LogP contribution is 2.32. The van der Waals surface area contributed by atoms with Crippen molar-refractivity contribution >= 4 is 10.8 Å². The molecule has 0 saturated carbocycles. The zero-order chi connectivity index (χ0) is 25.0. The fourth-order valence-corrected chi connectivity index (χ4v) is 4.34. The van der Waals surface area contributed by atoms with E-state index in [1.54, 1.807) is 12.1 Å². The molecule has 0 unspecified atom stereocenters. The molecule has 0 aliphatic heterocycles. The van der Waals surface area contributed by atoms with Crippen molar-refractivity contribution in [1.29, 1.82) is 0 Å². The number of hydrogen-bond acceptors (Lipinski definition) is 1. The van der Waals surface area contributed by atoms with Gasteiger partial charge in [-0.3, -0.25) is 4.98 Å². The SMILES string of the molecule is CCCc1ccnc(CCc2ccc3c(F)c(CCc4ccc(C(F)(F)F)c(F)c4)ccc3c2)c1. The molecule has 6 heteroatoms. The highest BCUT2D eigenvalue weighted by molar-refractivity contribution is 5.84. The standard InChI is InChI=1S/C29H26F5N/c1-2-3-19-14-15-35-24(17-19)11-5-20-6-12-25-23(16-20)10-9-22(28(25)31)8-4-21-7-13-26(27(30)18-21)29(32,33)34/h6-7,9-10,12-18H,2-5,8,11H2,1H3. The molecule has 0 amide bonds. The number of fused-ring (bicyclic) bond motifs is 1. The van der Waals surface area contributed by atoms with Crippen LogP contribution < -0.4 is 0 Å². The highest BCUT2D eigenvalue weighted by Gasteiger charge is 2.33. The van der Waals surface area contributed by atoms with Crippen LogP contribution in [0.25, 0.3) is 10.8 Å². The molecule has 3 aromatic carbocycles. The summed E-state index contributed by atoms with van der Waals surface area (Å²) >= 11 is 0. The number of benzene rings is 3. The maximum atomic E-state index is 15.1. The second-order valence-electron chi connectivity index (χ2n) is 8.81. The Kier molecular flexibility index (Phi) is 7.48. The minimum Gasteiger partial charge on any atom is -0.261 e. The third-order valence-corrected chi connectivity index (χ3v) is 6.21. The van der Waals surface area contributed by atoms with Gasteiger partial charge in [0.25, 0.3) is 0 Å². The maximum Gasteiger partial charge on any atom is 0.419 e. The van der Waals surface area contributed by atoms with Gasteiger partial charge in [0.15, 0.2) is 0 Å². The summed E-state index contributed by atoms with van der Waals surface area (Å²) in [5, 5.41) is 1.28. The number of alkyl halides is 3. The number of rotatable bonds is 8. The lowest BCUT2D eigenvalue weighted by molar-refractivity contribution is -0.140. The molecule has 35 heavy (non-hydrogen) atoms. The average Bonchev–Trinajstić information content (AvgIpc) is 2.82. The molecule has 0 atom stereocenters. The van der Waals surface area contributed by atoms with Crippen molar-refractivity contribution in [2.45, 2.75) is 51.6 Å². The van der Waals surface area contributed by atoms with E-state index in [9.17, 15) is 17.6 Å². The molecule has 0 aliphatic carbocycles. The maximum absolute atomic E-state index is 15.1. The summed E-state index contributed by atoms with van der Waals surface area (Å²) in [7, 11) is 0. The van der Waals surface area contributed by atoms with E-state index >= 15 is 4.39 Å². The van der Waals surface area contributed by atoms with E-state index in [1.165, 1.54) is 11.6 Å². The van der Waals surface area contributed by atoms with Crippen LogP contribution in [-0.2, 0) is 38.3 Å². The summed E-state index contributed by atoms with van der Waals surface area (Å²) in [5.41, 5.74) is 2.96. The summed E-state index contributed by atoms with van der Waals surface area (Å²) in [4.78, 5) is 4.45. The summed E-state index contributed by atoms with van der Waals surface area (Å²) < 4.78 is 67.2. The molecule has 1 nitrogen and oxygen atoms in total. The largest absolute Gasteiger partial charge is 0.419 e. The second-order valence-corrected chi connectivity index (χ2v) is 8.81. The molecule has 1 heterocycles. The van der Waals surface area contributed by atoms with E-state index in [1.807, 2.05) is 30.5 Å². The van der Waals surface area contributed by atoms with Gasteiger partial charge in [-0.25, -0.2) is 8.78 Å². The minimum absolute atomic E-state index is 0.236. The molecular weight excluding hydrogens is 457 g/mol. The fourth-order valence-electron chi connectivity index (χ4n) is 4.34. The van der Waals surface area contributed by atoms with Crippen LogP contribution in [-0.4, -0.2) is 4.98 Å². The zero-order valence-electron chi connectivity index (χ0n) is 19.4. The first kappa shape index (κ1) is 24.8. The van der Waals surface area contributed by atoms with Gasteiger partial charge in [0.1, 0.15) is 11.6 Å². The van der Waals surface area contributed by atoms with Crippen molar-refractivity contribution in [2.24, 2.45) is 0 Å². The smallest absolute Gasteiger partial charge is 0.261 e. The monoisotopic (exact) mass is 483 g/mol. The lowest BCUT2D eigenvalue weighted by Crippen LogP contribution is -2.08. The molecule has 0 N–H and O–H groups in total. The Morgan fingerprint density at radius 1 is 0.714 bits per heavy atom. The summed E-state index contributed by atoms with van der Waals surface area (Å²) in [6.45, 7) is 2.15. The van der Waals surface area contributed by atoms with Crippen LogP contribution >= 0.6 is 0 Å². The van der Waals surface area contributed by atoms with E-state index < -0.39 is 17.6 Å². The lowest BCUT2D eigenvalue weighted by Gasteiger charge is -2.11. The molecule has 4 aromatic rings. The molecule has 182 valence electrons. The van der Waals surface area contributed by atoms with Gasteiger partial charge in [-0.05, 0) is 84.0 Å². The minimum atomic E-state index is -4.73. The highest BCUT2D eigenvalue weighted by atomic mass is 19.4. The fraction of sp³-hybridized carbons (Fsp3) is 0.276. The Morgan fingerprint density at radius 2 is 1.43 bits per heavy atom. The van der Waals surface area contributed by atoms with Crippen LogP contribution in [0, 0.1) is 11.6 Å². The van der Waals surface area contributed by atoms with Crippen molar-refractivity contribution < 1.29 is 22.0 Å². The van der Waals surface area contributed by atoms with Gasteiger partial charge in [-0.2, -0.15) is 13.2 Å². The molecular formula is C29H26F5N. The van der Waals surface area contributed by atoms with E-state index in [0.717, 1.165) is 54.5 Å². The number of halogens is 5. The molecule has 0 saturated heterocycles. The Labute approximate surface area is 201 Å². The van der Waals surface area contributed by atoms with Crippen molar-refractivity contribution in [1.82, 2.24) is 4.98 Å². The summed E-state index contributed by atoms with van der Waals surface area (Å²) in [5.74, 6) is -1.66. The second kappa shape index (κ2) is 10.5. The normalized spacial score (nSPS) is 11.8. The first-order valence-electron chi connectivity index (χ1n) is 11.7. The van der Waals surface area contributed by atoms with Crippen LogP contribution in [0.2, 0.25) is 0 Å². The quantitative estimate of drug-likeness (QED) is 0.231. The van der Waals surface area contributed by atoms with Gasteiger partial charge in [-0.1, -0.05) is 49.7 Å². The number of aryl methyl sites for hydroxylation is 5. The van der Waals surface area contributed by atoms with Gasteiger partial charge < -0.3 is 0 Å². The Hall–Kier alpha value is -3.28. The van der Waals surface area contributed by atoms with E-state index in [0.29, 0.717) is 16.5 Å². The first-order valence-corrected chi connectivity index (χ1v) is 11.7. The third-order valence-electron chi connectivity index (χ3n) is 6.21. The zero-order valence-corrected chi connectivity index (χ0v) is 19.4. The van der Waals surface area contributed by atoms with Gasteiger partial charge in [0.05, 0.1) is 5.56 Å². The number of pyridine rings is 1. The molecule has 4 rings (SSSR count). The van der Waals surface area contributed by atoms with E-state index in [4.69, 9.17) is 0 Å². The average molecular weight is 484 g/mol. The number of hydrogen-bond donors (Lipinski definition) is 0. The summed E-state index contributed by atoms with van der Waals surface area (Å²) in [6.07, 6.45) is 1.31.